The SMILES string of the molecule is CSc1cc(C)[nH]c(=O)c1CNC(=O)c1cc(Cl)c2c(c1C)OC(C)(C1CCC(c3ccc(F)cc3)CC1)O2. The summed E-state index contributed by atoms with van der Waals surface area (Å²) < 4.78 is 26.1. The van der Waals surface area contributed by atoms with E-state index in [-0.39, 0.29) is 29.7 Å². The van der Waals surface area contributed by atoms with Crippen LogP contribution in [-0.4, -0.2) is 22.9 Å². The predicted molar refractivity (Wildman–Crippen MR) is 152 cm³/mol. The maximum atomic E-state index is 13.3. The second-order valence-electron chi connectivity index (χ2n) is 10.5. The summed E-state index contributed by atoms with van der Waals surface area (Å²) in [7, 11) is 0. The van der Waals surface area contributed by atoms with Crippen molar-refractivity contribution in [1.82, 2.24) is 10.3 Å². The van der Waals surface area contributed by atoms with Gasteiger partial charge >= 0.3 is 0 Å². The second kappa shape index (κ2) is 10.9. The van der Waals surface area contributed by atoms with Crippen molar-refractivity contribution in [3.63, 3.8) is 0 Å². The van der Waals surface area contributed by atoms with E-state index in [2.05, 4.69) is 10.3 Å². The van der Waals surface area contributed by atoms with Gasteiger partial charge in [0.15, 0.2) is 11.5 Å². The van der Waals surface area contributed by atoms with Gasteiger partial charge in [-0.05, 0) is 81.5 Å². The Kier molecular flexibility index (Phi) is 7.71. The predicted octanol–water partition coefficient (Wildman–Crippen LogP) is 6.90. The number of halogens is 2. The van der Waals surface area contributed by atoms with Crippen LogP contribution in [0.2, 0.25) is 5.02 Å². The lowest BCUT2D eigenvalue weighted by Gasteiger charge is -2.37. The summed E-state index contributed by atoms with van der Waals surface area (Å²) in [4.78, 5) is 29.3. The average molecular weight is 571 g/mol. The highest BCUT2D eigenvalue weighted by molar-refractivity contribution is 7.98. The molecular weight excluding hydrogens is 539 g/mol. The third kappa shape index (κ3) is 5.41. The van der Waals surface area contributed by atoms with Crippen LogP contribution in [0.15, 0.2) is 46.1 Å². The molecule has 1 atom stereocenters. The number of hydrogen-bond donors (Lipinski definition) is 2. The fraction of sp³-hybridized carbons (Fsp3) is 0.400. The van der Waals surface area contributed by atoms with Crippen molar-refractivity contribution in [2.45, 2.75) is 69.6 Å². The first-order valence-corrected chi connectivity index (χ1v) is 14.7. The van der Waals surface area contributed by atoms with Gasteiger partial charge in [-0.25, -0.2) is 4.39 Å². The minimum absolute atomic E-state index is 0.0884. The van der Waals surface area contributed by atoms with Gasteiger partial charge in [-0.1, -0.05) is 23.7 Å². The van der Waals surface area contributed by atoms with Gasteiger partial charge in [-0.15, -0.1) is 11.8 Å². The zero-order valence-corrected chi connectivity index (χ0v) is 24.0. The molecule has 2 aromatic carbocycles. The van der Waals surface area contributed by atoms with Crippen LogP contribution in [0.25, 0.3) is 0 Å². The van der Waals surface area contributed by atoms with Crippen molar-refractivity contribution in [2.24, 2.45) is 5.92 Å². The summed E-state index contributed by atoms with van der Waals surface area (Å²) in [5, 5.41) is 3.17. The second-order valence-corrected chi connectivity index (χ2v) is 11.8. The van der Waals surface area contributed by atoms with Crippen LogP contribution in [0.3, 0.4) is 0 Å². The highest BCUT2D eigenvalue weighted by Crippen LogP contribution is 2.52. The highest BCUT2D eigenvalue weighted by Gasteiger charge is 2.47. The molecule has 1 fully saturated rings. The van der Waals surface area contributed by atoms with Crippen LogP contribution >= 0.6 is 23.4 Å². The molecule has 3 aromatic rings. The smallest absolute Gasteiger partial charge is 0.254 e. The number of pyridine rings is 1. The Hall–Kier alpha value is -2.97. The molecule has 1 aromatic heterocycles. The Morgan fingerprint density at radius 2 is 1.79 bits per heavy atom. The van der Waals surface area contributed by atoms with Crippen LogP contribution < -0.4 is 20.3 Å². The molecule has 1 aliphatic carbocycles. The van der Waals surface area contributed by atoms with E-state index in [0.29, 0.717) is 39.1 Å². The monoisotopic (exact) mass is 570 g/mol. The molecule has 0 radical (unpaired) electrons. The number of hydrogen-bond acceptors (Lipinski definition) is 5. The summed E-state index contributed by atoms with van der Waals surface area (Å²) in [6, 6.07) is 10.3. The molecule has 0 saturated heterocycles. The van der Waals surface area contributed by atoms with Gasteiger partial charge in [0, 0.05) is 46.7 Å². The molecule has 9 heteroatoms. The number of nitrogens with one attached hydrogen (secondary N) is 2. The molecular formula is C30H32ClFN2O4S. The third-order valence-electron chi connectivity index (χ3n) is 7.98. The number of thioether (sulfide) groups is 1. The number of fused-ring (bicyclic) bond motifs is 1. The zero-order chi connectivity index (χ0) is 27.9. The molecule has 1 amide bonds. The number of aryl methyl sites for hydroxylation is 1. The van der Waals surface area contributed by atoms with E-state index in [9.17, 15) is 14.0 Å². The minimum Gasteiger partial charge on any atom is -0.448 e. The quantitative estimate of drug-likeness (QED) is 0.315. The lowest BCUT2D eigenvalue weighted by atomic mass is 9.76. The van der Waals surface area contributed by atoms with E-state index in [1.165, 1.54) is 23.9 Å². The van der Waals surface area contributed by atoms with Gasteiger partial charge in [-0.3, -0.25) is 9.59 Å². The van der Waals surface area contributed by atoms with Gasteiger partial charge in [0.2, 0.25) is 0 Å². The van der Waals surface area contributed by atoms with E-state index >= 15 is 0 Å². The maximum Gasteiger partial charge on any atom is 0.254 e. The lowest BCUT2D eigenvalue weighted by molar-refractivity contribution is -0.121. The van der Waals surface area contributed by atoms with Gasteiger partial charge < -0.3 is 19.8 Å². The summed E-state index contributed by atoms with van der Waals surface area (Å²) >= 11 is 8.07. The Labute approximate surface area is 236 Å². The molecule has 2 aliphatic rings. The van der Waals surface area contributed by atoms with Crippen molar-refractivity contribution in [1.29, 1.82) is 0 Å². The minimum atomic E-state index is -0.901. The van der Waals surface area contributed by atoms with Crippen molar-refractivity contribution >= 4 is 29.3 Å². The average Bonchev–Trinajstić information content (AvgIpc) is 3.30. The Bertz CT molecular complexity index is 1470. The summed E-state index contributed by atoms with van der Waals surface area (Å²) in [6.07, 6.45) is 5.57. The summed E-state index contributed by atoms with van der Waals surface area (Å²) in [6.45, 7) is 5.66. The fourth-order valence-electron chi connectivity index (χ4n) is 5.73. The van der Waals surface area contributed by atoms with E-state index in [4.69, 9.17) is 21.1 Å². The van der Waals surface area contributed by atoms with Crippen molar-refractivity contribution in [2.75, 3.05) is 6.26 Å². The van der Waals surface area contributed by atoms with E-state index < -0.39 is 5.79 Å². The maximum absolute atomic E-state index is 13.3. The molecule has 0 spiro atoms. The van der Waals surface area contributed by atoms with Gasteiger partial charge in [0.25, 0.3) is 17.3 Å². The first-order chi connectivity index (χ1) is 18.6. The van der Waals surface area contributed by atoms with Crippen molar-refractivity contribution in [3.05, 3.63) is 85.5 Å². The first-order valence-electron chi connectivity index (χ1n) is 13.1. The number of H-pyrrole nitrogens is 1. The van der Waals surface area contributed by atoms with Crippen molar-refractivity contribution < 1.29 is 18.7 Å². The van der Waals surface area contributed by atoms with Crippen LogP contribution in [0.4, 0.5) is 4.39 Å². The number of aromatic amines is 1. The van der Waals surface area contributed by atoms with E-state index in [1.807, 2.05) is 45.2 Å². The molecule has 2 heterocycles. The Morgan fingerprint density at radius 3 is 2.46 bits per heavy atom. The Balaban J connectivity index is 1.30. The van der Waals surface area contributed by atoms with Crippen LogP contribution in [0, 0.1) is 25.6 Å². The number of carbonyl (C=O) groups excluding carboxylic acids is 1. The molecule has 39 heavy (non-hydrogen) atoms. The number of carbonyl (C=O) groups is 1. The first kappa shape index (κ1) is 27.6. The van der Waals surface area contributed by atoms with Crippen LogP contribution in [-0.2, 0) is 6.54 Å². The van der Waals surface area contributed by atoms with Crippen molar-refractivity contribution in [3.8, 4) is 11.5 Å². The molecule has 0 bridgehead atoms. The van der Waals surface area contributed by atoms with Gasteiger partial charge in [0.1, 0.15) is 5.82 Å². The number of amides is 1. The molecule has 6 nitrogen and oxygen atoms in total. The number of aromatic nitrogens is 1. The van der Waals surface area contributed by atoms with Gasteiger partial charge in [-0.2, -0.15) is 0 Å². The normalized spacial score (nSPS) is 22.1. The zero-order valence-electron chi connectivity index (χ0n) is 22.5. The molecule has 5 rings (SSSR count). The number of ether oxygens (including phenoxy) is 2. The molecule has 206 valence electrons. The molecule has 1 unspecified atom stereocenters. The third-order valence-corrected chi connectivity index (χ3v) is 9.06. The van der Waals surface area contributed by atoms with Crippen LogP contribution in [0.1, 0.15) is 71.3 Å². The summed E-state index contributed by atoms with van der Waals surface area (Å²) in [5.41, 5.74) is 3.23. The van der Waals surface area contributed by atoms with Crippen LogP contribution in [0.5, 0.6) is 11.5 Å². The Morgan fingerprint density at radius 1 is 1.13 bits per heavy atom. The largest absolute Gasteiger partial charge is 0.448 e. The molecule has 1 aliphatic heterocycles. The fourth-order valence-corrected chi connectivity index (χ4v) is 6.67. The summed E-state index contributed by atoms with van der Waals surface area (Å²) in [5.74, 6) is -0.0279. The molecule has 2 N–H and O–H groups in total. The highest BCUT2D eigenvalue weighted by atomic mass is 35.5. The standard InChI is InChI=1S/C30H32ClFN2O4S/c1-16-13-25(39-4)23(29(36)34-16)15-33-28(35)22-14-24(31)27-26(17(22)2)37-30(3,38-27)20-9-5-18(6-10-20)19-7-11-21(32)12-8-19/h7-8,11-14,18,20H,5-6,9-10,15H2,1-4H3,(H,33,35)(H,34,36). The lowest BCUT2D eigenvalue weighted by Crippen LogP contribution is -2.44. The van der Waals surface area contributed by atoms with Gasteiger partial charge in [0.05, 0.1) is 5.02 Å². The topological polar surface area (TPSA) is 80.4 Å². The van der Waals surface area contributed by atoms with E-state index in [0.717, 1.165) is 41.8 Å². The van der Waals surface area contributed by atoms with E-state index in [1.54, 1.807) is 6.07 Å². The molecule has 1 saturated carbocycles. The number of benzene rings is 2. The number of rotatable bonds is 6.